The standard InChI is InChI=1S/C50H43N4O.Pt/c1-49(2,3)35-23-25-40(34-15-8-7-9-16-34)46(29-35)53-33-52(44-21-12-13-22-45(44)53)37-17-14-18-38(31-37)55-39-24-26-42-41-19-10-11-20-43(41)54(47(42)32-39)48-30-36(27-28-51-48)50(4,5)6;/h7-30,33H,1-6H3;/q-3;. The van der Waals surface area contributed by atoms with Crippen LogP contribution in [-0.2, 0) is 31.9 Å². The normalized spacial score (nSPS) is 12.9. The molecule has 0 bridgehead atoms. The number of ether oxygens (including phenoxy) is 1. The minimum absolute atomic E-state index is 0. The molecule has 1 aliphatic heterocycles. The number of hydrogen-bond donors (Lipinski definition) is 0. The molecule has 5 nitrogen and oxygen atoms in total. The van der Waals surface area contributed by atoms with Gasteiger partial charge in [0.25, 0.3) is 0 Å². The summed E-state index contributed by atoms with van der Waals surface area (Å²) in [6.07, 6.45) is 1.90. The number of aromatic nitrogens is 2. The Morgan fingerprint density at radius 1 is 0.571 bits per heavy atom. The van der Waals surface area contributed by atoms with E-state index in [1.54, 1.807) is 0 Å². The van der Waals surface area contributed by atoms with Crippen LogP contribution < -0.4 is 14.5 Å². The van der Waals surface area contributed by atoms with E-state index in [1.807, 2.05) is 24.4 Å². The molecule has 0 atom stereocenters. The average Bonchev–Trinajstić information content (AvgIpc) is 3.74. The van der Waals surface area contributed by atoms with E-state index >= 15 is 0 Å². The van der Waals surface area contributed by atoms with Gasteiger partial charge < -0.3 is 19.1 Å². The largest absolute Gasteiger partial charge is 0.509 e. The Bertz CT molecular complexity index is 2700. The number of anilines is 4. The van der Waals surface area contributed by atoms with Crippen LogP contribution in [0.5, 0.6) is 11.5 Å². The fraction of sp³-hybridized carbons (Fsp3) is 0.160. The Hall–Kier alpha value is -5.64. The van der Waals surface area contributed by atoms with Gasteiger partial charge in [0.2, 0.25) is 0 Å². The summed E-state index contributed by atoms with van der Waals surface area (Å²) in [6, 6.07) is 56.1. The van der Waals surface area contributed by atoms with Gasteiger partial charge in [-0.05, 0) is 69.3 Å². The molecule has 0 amide bonds. The first-order chi connectivity index (χ1) is 26.5. The summed E-state index contributed by atoms with van der Waals surface area (Å²) < 4.78 is 8.77. The van der Waals surface area contributed by atoms with Gasteiger partial charge in [-0.1, -0.05) is 120 Å². The SMILES string of the molecule is CC(C)(C)c1ccnc(-n2c3[c-]c(Oc4[c-]c(N5[CH-]N(c6cc(C(C)(C)C)ccc6-c6ccccc6)c6ccccc65)ccc4)ccc3c3ccccc32)c1.[Pt]. The van der Waals surface area contributed by atoms with Crippen molar-refractivity contribution in [1.29, 1.82) is 0 Å². The molecule has 1 aliphatic rings. The number of fused-ring (bicyclic) bond motifs is 4. The van der Waals surface area contributed by atoms with E-state index in [-0.39, 0.29) is 31.9 Å². The van der Waals surface area contributed by atoms with Gasteiger partial charge in [0.05, 0.1) is 0 Å². The molecule has 0 saturated heterocycles. The Morgan fingerprint density at radius 2 is 1.25 bits per heavy atom. The van der Waals surface area contributed by atoms with E-state index in [9.17, 15) is 0 Å². The van der Waals surface area contributed by atoms with Crippen LogP contribution in [0.3, 0.4) is 0 Å². The first-order valence-corrected chi connectivity index (χ1v) is 18.9. The monoisotopic (exact) mass is 910 g/mol. The summed E-state index contributed by atoms with van der Waals surface area (Å²) in [4.78, 5) is 9.33. The fourth-order valence-electron chi connectivity index (χ4n) is 7.49. The van der Waals surface area contributed by atoms with Crippen molar-refractivity contribution in [3.63, 3.8) is 0 Å². The third-order valence-electron chi connectivity index (χ3n) is 10.5. The van der Waals surface area contributed by atoms with E-state index < -0.39 is 0 Å². The molecule has 6 aromatic carbocycles. The maximum Gasteiger partial charge on any atom is 0.135 e. The maximum absolute atomic E-state index is 6.58. The number of nitrogens with zero attached hydrogens (tertiary/aromatic N) is 4. The molecule has 6 heteroatoms. The second-order valence-corrected chi connectivity index (χ2v) is 16.3. The minimum atomic E-state index is -0.0136. The van der Waals surface area contributed by atoms with Crippen LogP contribution in [0.25, 0.3) is 38.8 Å². The summed E-state index contributed by atoms with van der Waals surface area (Å²) in [5.74, 6) is 2.07. The molecule has 0 spiro atoms. The van der Waals surface area contributed by atoms with Crippen LogP contribution >= 0.6 is 0 Å². The number of hydrogen-bond acceptors (Lipinski definition) is 4. The molecule has 0 N–H and O–H groups in total. The zero-order chi connectivity index (χ0) is 37.9. The van der Waals surface area contributed by atoms with E-state index in [4.69, 9.17) is 9.72 Å². The van der Waals surface area contributed by atoms with Crippen molar-refractivity contribution in [3.05, 3.63) is 176 Å². The molecule has 0 radical (unpaired) electrons. The number of benzene rings is 6. The number of pyridine rings is 1. The van der Waals surface area contributed by atoms with Gasteiger partial charge in [-0.3, -0.25) is 0 Å². The second-order valence-electron chi connectivity index (χ2n) is 16.3. The van der Waals surface area contributed by atoms with Crippen LogP contribution in [0.15, 0.2) is 146 Å². The smallest absolute Gasteiger partial charge is 0.135 e. The van der Waals surface area contributed by atoms with Crippen molar-refractivity contribution < 1.29 is 25.8 Å². The van der Waals surface area contributed by atoms with E-state index in [2.05, 4.69) is 196 Å². The zero-order valence-electron chi connectivity index (χ0n) is 32.4. The molecule has 56 heavy (non-hydrogen) atoms. The van der Waals surface area contributed by atoms with Crippen LogP contribution in [-0.4, -0.2) is 9.55 Å². The number of rotatable bonds is 6. The summed E-state index contributed by atoms with van der Waals surface area (Å²) in [5.41, 5.74) is 11.0. The molecule has 282 valence electrons. The van der Waals surface area contributed by atoms with Crippen molar-refractivity contribution >= 4 is 44.6 Å². The molecule has 9 rings (SSSR count). The Morgan fingerprint density at radius 3 is 2.02 bits per heavy atom. The first kappa shape index (κ1) is 37.3. The molecule has 0 fully saturated rings. The first-order valence-electron chi connectivity index (χ1n) is 18.9. The molecule has 3 heterocycles. The average molecular weight is 911 g/mol. The minimum Gasteiger partial charge on any atom is -0.509 e. The maximum atomic E-state index is 6.58. The molecule has 2 aromatic heterocycles. The van der Waals surface area contributed by atoms with Gasteiger partial charge in [-0.25, -0.2) is 4.98 Å². The van der Waals surface area contributed by atoms with Gasteiger partial charge in [0.1, 0.15) is 5.82 Å². The van der Waals surface area contributed by atoms with Crippen LogP contribution in [0.4, 0.5) is 22.7 Å². The Balaban J connectivity index is 0.00000441. The summed E-state index contributed by atoms with van der Waals surface area (Å²) in [5, 5.41) is 2.24. The quantitative estimate of drug-likeness (QED) is 0.156. The van der Waals surface area contributed by atoms with E-state index in [1.165, 1.54) is 22.3 Å². The molecular weight excluding hydrogens is 868 g/mol. The fourth-order valence-corrected chi connectivity index (χ4v) is 7.49. The van der Waals surface area contributed by atoms with Crippen molar-refractivity contribution in [2.75, 3.05) is 9.80 Å². The van der Waals surface area contributed by atoms with Crippen molar-refractivity contribution in [1.82, 2.24) is 9.55 Å². The third kappa shape index (κ3) is 6.79. The molecular formula is C50H43N4OPt-3. The molecule has 0 aliphatic carbocycles. The summed E-state index contributed by atoms with van der Waals surface area (Å²) >= 11 is 0. The second kappa shape index (κ2) is 14.5. The summed E-state index contributed by atoms with van der Waals surface area (Å²) in [6.45, 7) is 15.6. The van der Waals surface area contributed by atoms with Crippen LogP contribution in [0.1, 0.15) is 52.7 Å². The predicted octanol–water partition coefficient (Wildman–Crippen LogP) is 13.2. The third-order valence-corrected chi connectivity index (χ3v) is 10.5. The van der Waals surface area contributed by atoms with Crippen molar-refractivity contribution in [3.8, 4) is 28.4 Å². The van der Waals surface area contributed by atoms with E-state index in [0.29, 0.717) is 11.5 Å². The van der Waals surface area contributed by atoms with Gasteiger partial charge in [0, 0.05) is 66.9 Å². The number of para-hydroxylation sites is 3. The van der Waals surface area contributed by atoms with E-state index in [0.717, 1.165) is 50.4 Å². The Kier molecular flexibility index (Phi) is 9.63. The van der Waals surface area contributed by atoms with Gasteiger partial charge in [-0.2, -0.15) is 12.1 Å². The van der Waals surface area contributed by atoms with Crippen molar-refractivity contribution in [2.45, 2.75) is 52.4 Å². The Labute approximate surface area is 344 Å². The van der Waals surface area contributed by atoms with Gasteiger partial charge in [0.15, 0.2) is 0 Å². The van der Waals surface area contributed by atoms with Crippen LogP contribution in [0.2, 0.25) is 0 Å². The predicted molar refractivity (Wildman–Crippen MR) is 227 cm³/mol. The molecule has 0 saturated carbocycles. The van der Waals surface area contributed by atoms with Crippen LogP contribution in [0, 0.1) is 18.8 Å². The molecule has 0 unspecified atom stereocenters. The molecule has 8 aromatic rings. The zero-order valence-corrected chi connectivity index (χ0v) is 34.7. The summed E-state index contributed by atoms with van der Waals surface area (Å²) in [7, 11) is 0. The van der Waals surface area contributed by atoms with Gasteiger partial charge >= 0.3 is 0 Å². The van der Waals surface area contributed by atoms with Crippen molar-refractivity contribution in [2.24, 2.45) is 0 Å². The topological polar surface area (TPSA) is 33.5 Å². The van der Waals surface area contributed by atoms with Gasteiger partial charge in [-0.15, -0.1) is 48.1 Å².